The highest BCUT2D eigenvalue weighted by atomic mass is 35.5. The smallest absolute Gasteiger partial charge is 0.379 e. The number of hydrogen-bond donors (Lipinski definition) is 3. The van der Waals surface area contributed by atoms with E-state index < -0.39 is 26.3 Å². The summed E-state index contributed by atoms with van der Waals surface area (Å²) < 4.78 is 100. The highest BCUT2D eigenvalue weighted by molar-refractivity contribution is 7.44. The Morgan fingerprint density at radius 1 is 0.847 bits per heavy atom. The fraction of sp³-hybridized carbons (Fsp3) is 0.723. The van der Waals surface area contributed by atoms with Gasteiger partial charge in [-0.15, -0.1) is 0 Å². The van der Waals surface area contributed by atoms with Crippen LogP contribution < -0.4 is 10.7 Å². The van der Waals surface area contributed by atoms with Gasteiger partial charge < -0.3 is 67.9 Å². The molecule has 2 atom stereocenters. The molecule has 412 valence electrons. The molecule has 1 aliphatic rings. The van der Waals surface area contributed by atoms with Gasteiger partial charge in [0.25, 0.3) is 0 Å². The van der Waals surface area contributed by atoms with Crippen LogP contribution >= 0.6 is 20.0 Å². The van der Waals surface area contributed by atoms with E-state index in [4.69, 9.17) is 74.6 Å². The predicted molar refractivity (Wildman–Crippen MR) is 272 cm³/mol. The average Bonchev–Trinajstić information content (AvgIpc) is 4.02. The van der Waals surface area contributed by atoms with Crippen LogP contribution in [-0.2, 0) is 60.1 Å². The molecule has 2 unspecified atom stereocenters. The summed E-state index contributed by atoms with van der Waals surface area (Å²) in [5.74, 6) is 5.74. The number of benzene rings is 1. The standard InChI is InChI=1S/C43H67ClF3N8O12P.2C2H6/c1-3-4-12-58-15-18-61-21-22-62-19-16-59-13-10-49-27-34(53-48)30-65-26-25-64-24-23-63-20-17-60-14-11-54(29-37-33(2)6-5-7-38(37)43(45,46)47)40-36-28-50-55(41(36)52-42(44)51-40)39-9-8-35(67-39)31-66-32-68(56)57;2*1-2/h5-7,27-28,35,39,56-57H,3-4,8-26,29-32,48H2,1-2H3;2*1-2H3/b49-27?,53-34+;;. The van der Waals surface area contributed by atoms with Gasteiger partial charge in [-0.2, -0.15) is 33.3 Å². The van der Waals surface area contributed by atoms with Crippen molar-refractivity contribution in [1.29, 1.82) is 0 Å². The first kappa shape index (κ1) is 64.9. The SMILES string of the molecule is CC.CC.CCCCOCCOCCOCCOCCN=C/C(COCCOCCOCCOCCN(Cc1c(C)cccc1C(F)(F)F)c1nc(Cl)nc2c1cnn2C1CCC(COCP(O)O)O1)=N\N. The molecular formula is C47H79ClF3N8O12P. The van der Waals surface area contributed by atoms with E-state index in [-0.39, 0.29) is 75.2 Å². The van der Waals surface area contributed by atoms with E-state index in [1.807, 2.05) is 27.7 Å². The number of rotatable bonds is 38. The summed E-state index contributed by atoms with van der Waals surface area (Å²) in [5, 5.41) is 8.53. The highest BCUT2D eigenvalue weighted by Gasteiger charge is 2.35. The van der Waals surface area contributed by atoms with Crippen LogP contribution in [-0.4, -0.2) is 179 Å². The van der Waals surface area contributed by atoms with E-state index in [9.17, 15) is 13.2 Å². The number of halogens is 4. The van der Waals surface area contributed by atoms with Crippen molar-refractivity contribution in [2.45, 2.75) is 92.3 Å². The van der Waals surface area contributed by atoms with Crippen LogP contribution in [0, 0.1) is 6.92 Å². The summed E-state index contributed by atoms with van der Waals surface area (Å²) in [6.07, 6.45) is 0.774. The first-order valence-electron chi connectivity index (χ1n) is 24.6. The molecule has 25 heteroatoms. The van der Waals surface area contributed by atoms with E-state index >= 15 is 0 Å². The molecule has 0 radical (unpaired) electrons. The molecular weight excluding hydrogens is 992 g/mol. The molecule has 0 bridgehead atoms. The van der Waals surface area contributed by atoms with Crippen molar-refractivity contribution in [2.75, 3.05) is 137 Å². The van der Waals surface area contributed by atoms with Crippen LogP contribution in [0.2, 0.25) is 5.28 Å². The second-order valence-electron chi connectivity index (χ2n) is 15.2. The van der Waals surface area contributed by atoms with Crippen molar-refractivity contribution < 1.29 is 70.3 Å². The molecule has 20 nitrogen and oxygen atoms in total. The Kier molecular flexibility index (Phi) is 36.1. The number of aromatic nitrogens is 4. The highest BCUT2D eigenvalue weighted by Crippen LogP contribution is 2.37. The van der Waals surface area contributed by atoms with E-state index in [0.29, 0.717) is 114 Å². The second-order valence-corrected chi connectivity index (χ2v) is 16.5. The minimum atomic E-state index is -4.59. The molecule has 0 saturated carbocycles. The van der Waals surface area contributed by atoms with Gasteiger partial charge in [0.05, 0.1) is 136 Å². The van der Waals surface area contributed by atoms with Crippen molar-refractivity contribution in [3.63, 3.8) is 0 Å². The summed E-state index contributed by atoms with van der Waals surface area (Å²) in [6, 6.07) is 4.06. The molecule has 0 amide bonds. The number of anilines is 1. The summed E-state index contributed by atoms with van der Waals surface area (Å²) >= 11 is 6.46. The monoisotopic (exact) mass is 1070 g/mol. The first-order chi connectivity index (χ1) is 35.0. The summed E-state index contributed by atoms with van der Waals surface area (Å²) in [7, 11) is -2.19. The maximum Gasteiger partial charge on any atom is 0.416 e. The summed E-state index contributed by atoms with van der Waals surface area (Å²) in [6.45, 7) is 18.6. The van der Waals surface area contributed by atoms with Crippen molar-refractivity contribution >= 4 is 48.8 Å². The molecule has 4 N–H and O–H groups in total. The van der Waals surface area contributed by atoms with Gasteiger partial charge in [-0.1, -0.05) is 53.2 Å². The van der Waals surface area contributed by atoms with Gasteiger partial charge in [-0.25, -0.2) is 4.68 Å². The third-order valence-electron chi connectivity index (χ3n) is 10.0. The largest absolute Gasteiger partial charge is 0.416 e. The number of fused-ring (bicyclic) bond motifs is 1. The zero-order valence-electron chi connectivity index (χ0n) is 42.9. The van der Waals surface area contributed by atoms with Gasteiger partial charge in [0.1, 0.15) is 17.9 Å². The Labute approximate surface area is 428 Å². The molecule has 1 saturated heterocycles. The molecule has 2 aromatic heterocycles. The zero-order valence-corrected chi connectivity index (χ0v) is 44.5. The molecule has 1 aromatic carbocycles. The van der Waals surface area contributed by atoms with Gasteiger partial charge in [0.2, 0.25) is 5.28 Å². The van der Waals surface area contributed by atoms with Crippen LogP contribution in [0.25, 0.3) is 11.0 Å². The van der Waals surface area contributed by atoms with Crippen LogP contribution in [0.5, 0.6) is 0 Å². The van der Waals surface area contributed by atoms with Crippen LogP contribution in [0.3, 0.4) is 0 Å². The van der Waals surface area contributed by atoms with E-state index in [1.165, 1.54) is 12.3 Å². The fourth-order valence-electron chi connectivity index (χ4n) is 6.63. The quantitative estimate of drug-likeness (QED) is 0.0129. The van der Waals surface area contributed by atoms with Crippen molar-refractivity contribution in [3.8, 4) is 0 Å². The van der Waals surface area contributed by atoms with Crippen molar-refractivity contribution in [3.05, 3.63) is 46.4 Å². The first-order valence-corrected chi connectivity index (χ1v) is 26.4. The third kappa shape index (κ3) is 26.3. The molecule has 4 rings (SSSR count). The molecule has 1 aliphatic heterocycles. The lowest BCUT2D eigenvalue weighted by atomic mass is 10.0. The van der Waals surface area contributed by atoms with Crippen LogP contribution in [0.15, 0.2) is 34.5 Å². The Morgan fingerprint density at radius 2 is 1.43 bits per heavy atom. The number of nitrogens with zero attached hydrogens (tertiary/aromatic N) is 7. The van der Waals surface area contributed by atoms with Crippen LogP contribution in [0.1, 0.15) is 83.2 Å². The van der Waals surface area contributed by atoms with Crippen LogP contribution in [0.4, 0.5) is 19.0 Å². The molecule has 0 spiro atoms. The topological polar surface area (TPSA) is 230 Å². The molecule has 3 heterocycles. The van der Waals surface area contributed by atoms with Crippen molar-refractivity contribution in [2.24, 2.45) is 15.9 Å². The second kappa shape index (κ2) is 40.1. The lowest BCUT2D eigenvalue weighted by molar-refractivity contribution is -0.138. The number of hydrazone groups is 1. The number of nitrogens with two attached hydrogens (primary N) is 1. The Balaban J connectivity index is 0.00000433. The molecule has 72 heavy (non-hydrogen) atoms. The maximum atomic E-state index is 14.3. The Hall–Kier alpha value is -3.26. The van der Waals surface area contributed by atoms with E-state index in [0.717, 1.165) is 25.5 Å². The van der Waals surface area contributed by atoms with Gasteiger partial charge >= 0.3 is 6.18 Å². The number of unbranched alkanes of at least 4 members (excludes halogenated alkanes) is 1. The lowest BCUT2D eigenvalue weighted by Crippen LogP contribution is -2.30. The number of aryl methyl sites for hydroxylation is 1. The minimum Gasteiger partial charge on any atom is -0.379 e. The minimum absolute atomic E-state index is 0.0786. The molecule has 3 aromatic rings. The predicted octanol–water partition coefficient (Wildman–Crippen LogP) is 7.13. The number of hydrogen-bond acceptors (Lipinski definition) is 19. The number of alkyl halides is 3. The van der Waals surface area contributed by atoms with Gasteiger partial charge in [-0.05, 0) is 55.0 Å². The maximum absolute atomic E-state index is 14.3. The van der Waals surface area contributed by atoms with Gasteiger partial charge in [-0.3, -0.25) is 4.99 Å². The van der Waals surface area contributed by atoms with E-state index in [1.54, 1.807) is 28.8 Å². The zero-order chi connectivity index (χ0) is 52.8. The Morgan fingerprint density at radius 3 is 2.01 bits per heavy atom. The lowest BCUT2D eigenvalue weighted by Gasteiger charge is -2.27. The Bertz CT molecular complexity index is 1910. The summed E-state index contributed by atoms with van der Waals surface area (Å²) in [5.41, 5.74) is 0.580. The normalized spacial score (nSPS) is 15.1. The summed E-state index contributed by atoms with van der Waals surface area (Å²) in [4.78, 5) is 33.1. The number of aliphatic imine (C=N–C) groups is 1. The van der Waals surface area contributed by atoms with Gasteiger partial charge in [0.15, 0.2) is 20.3 Å². The van der Waals surface area contributed by atoms with Gasteiger partial charge in [0, 0.05) is 25.9 Å². The van der Waals surface area contributed by atoms with Crippen molar-refractivity contribution in [1.82, 2.24) is 19.7 Å². The van der Waals surface area contributed by atoms with E-state index in [2.05, 4.69) is 32.1 Å². The number of ether oxygens (including phenoxy) is 10. The average molecular weight is 1070 g/mol. The third-order valence-corrected chi connectivity index (χ3v) is 10.6. The molecule has 1 fully saturated rings. The molecule has 0 aliphatic carbocycles. The fourth-order valence-corrected chi connectivity index (χ4v) is 7.06.